The fourth-order valence-electron chi connectivity index (χ4n) is 5.17. The van der Waals surface area contributed by atoms with Gasteiger partial charge in [0, 0.05) is 24.5 Å². The Balaban J connectivity index is 1.65. The SMILES string of the molecule is C=CC[C@H](CC(=O)N1CCC[C@H]1CO)C(=O)N[C@H](COC(=O)[C@H](CC=C)Cc1ccccc1)CSCc1ccccc1. The van der Waals surface area contributed by atoms with Crippen LogP contribution in [-0.2, 0) is 31.3 Å². The van der Waals surface area contributed by atoms with Gasteiger partial charge in [-0.25, -0.2) is 0 Å². The third-order valence-electron chi connectivity index (χ3n) is 7.46. The number of nitrogens with one attached hydrogen (secondary N) is 1. The van der Waals surface area contributed by atoms with Gasteiger partial charge in [0.1, 0.15) is 6.61 Å². The zero-order chi connectivity index (χ0) is 30.2. The van der Waals surface area contributed by atoms with Crippen molar-refractivity contribution in [2.24, 2.45) is 11.8 Å². The Kier molecular flexibility index (Phi) is 14.4. The van der Waals surface area contributed by atoms with Crippen LogP contribution in [0.1, 0.15) is 43.2 Å². The van der Waals surface area contributed by atoms with Gasteiger partial charge >= 0.3 is 5.97 Å². The van der Waals surface area contributed by atoms with Crippen LogP contribution in [0.5, 0.6) is 0 Å². The molecule has 42 heavy (non-hydrogen) atoms. The second-order valence-corrected chi connectivity index (χ2v) is 11.8. The van der Waals surface area contributed by atoms with Crippen molar-refractivity contribution in [2.45, 2.75) is 56.4 Å². The van der Waals surface area contributed by atoms with Gasteiger partial charge in [-0.2, -0.15) is 11.8 Å². The van der Waals surface area contributed by atoms with Crippen molar-refractivity contribution >= 4 is 29.5 Å². The number of carbonyl (C=O) groups is 3. The van der Waals surface area contributed by atoms with Gasteiger partial charge in [0.2, 0.25) is 11.8 Å². The van der Waals surface area contributed by atoms with Crippen LogP contribution in [0.3, 0.4) is 0 Å². The molecule has 2 amide bonds. The van der Waals surface area contributed by atoms with Crippen LogP contribution >= 0.6 is 11.8 Å². The van der Waals surface area contributed by atoms with E-state index in [1.807, 2.05) is 60.7 Å². The second kappa shape index (κ2) is 18.2. The smallest absolute Gasteiger partial charge is 0.309 e. The maximum Gasteiger partial charge on any atom is 0.309 e. The Morgan fingerprint density at radius 3 is 2.29 bits per heavy atom. The van der Waals surface area contributed by atoms with Crippen molar-refractivity contribution in [3.8, 4) is 0 Å². The molecule has 7 nitrogen and oxygen atoms in total. The molecule has 0 unspecified atom stereocenters. The van der Waals surface area contributed by atoms with E-state index < -0.39 is 12.0 Å². The lowest BCUT2D eigenvalue weighted by molar-refractivity contribution is -0.149. The largest absolute Gasteiger partial charge is 0.463 e. The summed E-state index contributed by atoms with van der Waals surface area (Å²) in [4.78, 5) is 41.3. The highest BCUT2D eigenvalue weighted by Gasteiger charge is 2.32. The Morgan fingerprint density at radius 2 is 1.64 bits per heavy atom. The minimum atomic E-state index is -0.598. The summed E-state index contributed by atoms with van der Waals surface area (Å²) in [6.45, 7) is 8.14. The van der Waals surface area contributed by atoms with Crippen molar-refractivity contribution in [3.63, 3.8) is 0 Å². The Morgan fingerprint density at radius 1 is 1.00 bits per heavy atom. The molecule has 1 fully saturated rings. The summed E-state index contributed by atoms with van der Waals surface area (Å²) >= 11 is 1.65. The Hall–Kier alpha value is -3.36. The maximum atomic E-state index is 13.5. The van der Waals surface area contributed by atoms with Crippen molar-refractivity contribution in [3.05, 3.63) is 97.1 Å². The molecule has 0 saturated carbocycles. The number of benzene rings is 2. The van der Waals surface area contributed by atoms with Gasteiger partial charge in [-0.05, 0) is 43.2 Å². The first kappa shape index (κ1) is 33.1. The molecule has 4 atom stereocenters. The van der Waals surface area contributed by atoms with E-state index in [0.29, 0.717) is 31.6 Å². The van der Waals surface area contributed by atoms with E-state index >= 15 is 0 Å². The molecule has 2 aromatic rings. The molecule has 1 aliphatic rings. The molecule has 3 rings (SSSR count). The quantitative estimate of drug-likeness (QED) is 0.188. The van der Waals surface area contributed by atoms with Gasteiger partial charge in [-0.1, -0.05) is 72.8 Å². The van der Waals surface area contributed by atoms with Crippen LogP contribution in [0, 0.1) is 11.8 Å². The first-order chi connectivity index (χ1) is 20.4. The van der Waals surface area contributed by atoms with E-state index in [0.717, 1.165) is 29.7 Å². The summed E-state index contributed by atoms with van der Waals surface area (Å²) in [5.41, 5.74) is 2.21. The van der Waals surface area contributed by atoms with Crippen molar-refractivity contribution in [1.82, 2.24) is 10.2 Å². The zero-order valence-corrected chi connectivity index (χ0v) is 25.2. The van der Waals surface area contributed by atoms with Crippen LogP contribution in [0.4, 0.5) is 0 Å². The summed E-state index contributed by atoms with van der Waals surface area (Å²) in [5.74, 6) is -0.414. The molecule has 1 saturated heterocycles. The van der Waals surface area contributed by atoms with Crippen molar-refractivity contribution < 1.29 is 24.2 Å². The van der Waals surface area contributed by atoms with E-state index in [-0.39, 0.29) is 49.4 Å². The van der Waals surface area contributed by atoms with Crippen LogP contribution < -0.4 is 5.32 Å². The number of allylic oxidation sites excluding steroid dienone is 2. The van der Waals surface area contributed by atoms with Crippen LogP contribution in [0.2, 0.25) is 0 Å². The molecular weight excluding hydrogens is 548 g/mol. The number of aliphatic hydroxyl groups excluding tert-OH is 1. The number of ether oxygens (including phenoxy) is 1. The van der Waals surface area contributed by atoms with E-state index in [1.165, 1.54) is 0 Å². The predicted octanol–water partition coefficient (Wildman–Crippen LogP) is 4.95. The molecule has 8 heteroatoms. The topological polar surface area (TPSA) is 95.9 Å². The molecule has 0 radical (unpaired) electrons. The first-order valence-corrected chi connectivity index (χ1v) is 15.8. The molecule has 2 N–H and O–H groups in total. The number of likely N-dealkylation sites (tertiary alicyclic amines) is 1. The maximum absolute atomic E-state index is 13.5. The highest BCUT2D eigenvalue weighted by atomic mass is 32.2. The fourth-order valence-corrected chi connectivity index (χ4v) is 6.18. The molecule has 0 aromatic heterocycles. The second-order valence-electron chi connectivity index (χ2n) is 10.7. The standard InChI is InChI=1S/C34H44N2O5S/c1-3-12-28(21-32(38)36-19-11-18-31(36)22-37)33(39)35-30(25-42-24-27-16-9-6-10-17-27)23-41-34(40)29(13-4-2)20-26-14-7-5-8-15-26/h3-10,14-17,28-31,37H,1-2,11-13,18-25H2,(H,35,39)/t28-,29-,30-,31+/m1/s1. The van der Waals surface area contributed by atoms with E-state index in [4.69, 9.17) is 4.74 Å². The summed E-state index contributed by atoms with van der Waals surface area (Å²) in [6.07, 6.45) is 6.40. The minimum absolute atomic E-state index is 0.0300. The highest BCUT2D eigenvalue weighted by Crippen LogP contribution is 2.22. The first-order valence-electron chi connectivity index (χ1n) is 14.7. The van der Waals surface area contributed by atoms with Crippen molar-refractivity contribution in [1.29, 1.82) is 0 Å². The molecule has 1 aliphatic heterocycles. The fraction of sp³-hybridized carbons (Fsp3) is 0.441. The number of hydrogen-bond acceptors (Lipinski definition) is 6. The number of amides is 2. The molecule has 2 aromatic carbocycles. The normalized spacial score (nSPS) is 16.7. The molecule has 0 spiro atoms. The average molecular weight is 593 g/mol. The number of aliphatic hydroxyl groups is 1. The Bertz CT molecular complexity index is 1140. The molecular formula is C34H44N2O5S. The summed E-state index contributed by atoms with van der Waals surface area (Å²) in [6, 6.07) is 19.2. The van der Waals surface area contributed by atoms with E-state index in [1.54, 1.807) is 28.8 Å². The van der Waals surface area contributed by atoms with Crippen LogP contribution in [0.15, 0.2) is 86.0 Å². The molecule has 1 heterocycles. The number of esters is 1. The predicted molar refractivity (Wildman–Crippen MR) is 169 cm³/mol. The number of thioether (sulfide) groups is 1. The molecule has 0 aliphatic carbocycles. The minimum Gasteiger partial charge on any atom is -0.463 e. The Labute approximate surface area is 254 Å². The van der Waals surface area contributed by atoms with Gasteiger partial charge in [0.05, 0.1) is 30.5 Å². The van der Waals surface area contributed by atoms with Gasteiger partial charge < -0.3 is 20.1 Å². The summed E-state index contributed by atoms with van der Waals surface area (Å²) in [7, 11) is 0. The molecule has 0 bridgehead atoms. The van der Waals surface area contributed by atoms with Crippen molar-refractivity contribution in [2.75, 3.05) is 25.5 Å². The molecule has 226 valence electrons. The highest BCUT2D eigenvalue weighted by molar-refractivity contribution is 7.98. The number of rotatable bonds is 18. The zero-order valence-electron chi connectivity index (χ0n) is 24.4. The number of nitrogens with zero attached hydrogens (tertiary/aromatic N) is 1. The lowest BCUT2D eigenvalue weighted by atomic mass is 9.96. The lowest BCUT2D eigenvalue weighted by Crippen LogP contribution is -2.45. The van der Waals surface area contributed by atoms with E-state index in [2.05, 4.69) is 18.5 Å². The third kappa shape index (κ3) is 10.8. The van der Waals surface area contributed by atoms with Crippen LogP contribution in [0.25, 0.3) is 0 Å². The van der Waals surface area contributed by atoms with Gasteiger partial charge in [0.15, 0.2) is 0 Å². The van der Waals surface area contributed by atoms with Gasteiger partial charge in [0.25, 0.3) is 0 Å². The van der Waals surface area contributed by atoms with Gasteiger partial charge in [-0.3, -0.25) is 14.4 Å². The van der Waals surface area contributed by atoms with E-state index in [9.17, 15) is 19.5 Å². The third-order valence-corrected chi connectivity index (χ3v) is 8.64. The van der Waals surface area contributed by atoms with Crippen LogP contribution in [-0.4, -0.2) is 65.4 Å². The lowest BCUT2D eigenvalue weighted by Gasteiger charge is -2.26. The monoisotopic (exact) mass is 592 g/mol. The van der Waals surface area contributed by atoms with Gasteiger partial charge in [-0.15, -0.1) is 13.2 Å². The summed E-state index contributed by atoms with van der Waals surface area (Å²) in [5, 5.41) is 12.7. The number of carbonyl (C=O) groups excluding carboxylic acids is 3. The number of hydrogen-bond donors (Lipinski definition) is 2. The average Bonchev–Trinajstić information content (AvgIpc) is 3.49. The summed E-state index contributed by atoms with van der Waals surface area (Å²) < 4.78 is 5.79.